The molecule has 0 aromatic rings. The van der Waals surface area contributed by atoms with Gasteiger partial charge >= 0.3 is 0 Å². The van der Waals surface area contributed by atoms with Crippen LogP contribution in [0.25, 0.3) is 0 Å². The summed E-state index contributed by atoms with van der Waals surface area (Å²) in [5.74, 6) is 2.22. The van der Waals surface area contributed by atoms with E-state index in [1.807, 2.05) is 0 Å². The summed E-state index contributed by atoms with van der Waals surface area (Å²) in [7, 11) is 0. The number of carbonyl (C=O) groups is 2. The number of piperazine rings is 1. The number of hydrogen-bond donors (Lipinski definition) is 1. The van der Waals surface area contributed by atoms with E-state index in [-0.39, 0.29) is 24.4 Å². The summed E-state index contributed by atoms with van der Waals surface area (Å²) >= 11 is 0. The van der Waals surface area contributed by atoms with Crippen LogP contribution in [0.15, 0.2) is 0 Å². The molecule has 1 aliphatic heterocycles. The minimum Gasteiger partial charge on any atom is -0.342 e. The van der Waals surface area contributed by atoms with Crippen molar-refractivity contribution < 1.29 is 9.59 Å². The quantitative estimate of drug-likeness (QED) is 0.854. The van der Waals surface area contributed by atoms with E-state index in [9.17, 15) is 9.59 Å². The van der Waals surface area contributed by atoms with Crippen LogP contribution in [0.2, 0.25) is 0 Å². The SMILES string of the molecule is CC1CCC(CCN2CC(=O)NC(C3CC3)C2=O)CC1. The molecule has 0 spiro atoms. The molecule has 20 heavy (non-hydrogen) atoms. The molecule has 0 bridgehead atoms. The summed E-state index contributed by atoms with van der Waals surface area (Å²) in [6.45, 7) is 3.37. The number of hydrogen-bond acceptors (Lipinski definition) is 2. The number of carbonyl (C=O) groups excluding carboxylic acids is 2. The molecule has 1 atom stereocenters. The largest absolute Gasteiger partial charge is 0.342 e. The molecule has 112 valence electrons. The molecule has 3 fully saturated rings. The maximum Gasteiger partial charge on any atom is 0.245 e. The first kappa shape index (κ1) is 13.9. The standard InChI is InChI=1S/C16H26N2O2/c1-11-2-4-12(5-3-11)8-9-18-10-14(19)17-15(16(18)20)13-6-7-13/h11-13,15H,2-10H2,1H3,(H,17,19). The Balaban J connectivity index is 1.50. The van der Waals surface area contributed by atoms with E-state index in [0.29, 0.717) is 5.92 Å². The smallest absolute Gasteiger partial charge is 0.245 e. The first-order chi connectivity index (χ1) is 9.63. The average molecular weight is 278 g/mol. The maximum absolute atomic E-state index is 12.4. The molecule has 2 amide bonds. The lowest BCUT2D eigenvalue weighted by atomic mass is 9.81. The Morgan fingerprint density at radius 3 is 2.45 bits per heavy atom. The van der Waals surface area contributed by atoms with Gasteiger partial charge in [-0.05, 0) is 37.0 Å². The van der Waals surface area contributed by atoms with Crippen LogP contribution < -0.4 is 5.32 Å². The summed E-state index contributed by atoms with van der Waals surface area (Å²) in [6, 6.07) is -0.220. The van der Waals surface area contributed by atoms with Crippen molar-refractivity contribution in [3.63, 3.8) is 0 Å². The molecule has 2 aliphatic carbocycles. The van der Waals surface area contributed by atoms with Gasteiger partial charge < -0.3 is 10.2 Å². The number of rotatable bonds is 4. The highest BCUT2D eigenvalue weighted by Gasteiger charge is 2.42. The molecule has 1 N–H and O–H groups in total. The van der Waals surface area contributed by atoms with Crippen LogP contribution in [0, 0.1) is 17.8 Å². The van der Waals surface area contributed by atoms with Crippen molar-refractivity contribution in [2.75, 3.05) is 13.1 Å². The van der Waals surface area contributed by atoms with Gasteiger partial charge in [0.1, 0.15) is 6.04 Å². The van der Waals surface area contributed by atoms with Crippen molar-refractivity contribution in [3.05, 3.63) is 0 Å². The summed E-state index contributed by atoms with van der Waals surface area (Å²) in [5, 5.41) is 2.87. The fourth-order valence-electron chi connectivity index (χ4n) is 3.62. The van der Waals surface area contributed by atoms with Gasteiger partial charge in [0.15, 0.2) is 0 Å². The molecule has 0 radical (unpaired) electrons. The zero-order valence-electron chi connectivity index (χ0n) is 12.4. The van der Waals surface area contributed by atoms with E-state index in [4.69, 9.17) is 0 Å². The van der Waals surface area contributed by atoms with Crippen molar-refractivity contribution in [3.8, 4) is 0 Å². The van der Waals surface area contributed by atoms with Crippen LogP contribution in [0.1, 0.15) is 51.9 Å². The Hall–Kier alpha value is -1.06. The van der Waals surface area contributed by atoms with Crippen molar-refractivity contribution in [2.45, 2.75) is 57.9 Å². The molecule has 3 rings (SSSR count). The van der Waals surface area contributed by atoms with Crippen LogP contribution in [0.4, 0.5) is 0 Å². The Kier molecular flexibility index (Phi) is 3.99. The zero-order valence-corrected chi connectivity index (χ0v) is 12.4. The van der Waals surface area contributed by atoms with E-state index in [1.165, 1.54) is 25.7 Å². The number of nitrogens with zero attached hydrogens (tertiary/aromatic N) is 1. The van der Waals surface area contributed by atoms with Gasteiger partial charge in [0.05, 0.1) is 6.54 Å². The van der Waals surface area contributed by atoms with E-state index < -0.39 is 0 Å². The molecule has 0 aromatic heterocycles. The molecular weight excluding hydrogens is 252 g/mol. The normalized spacial score (nSPS) is 35.0. The average Bonchev–Trinajstić information content (AvgIpc) is 3.25. The predicted molar refractivity (Wildman–Crippen MR) is 77.0 cm³/mol. The molecule has 2 saturated carbocycles. The van der Waals surface area contributed by atoms with Gasteiger partial charge in [0.25, 0.3) is 0 Å². The first-order valence-corrected chi connectivity index (χ1v) is 8.21. The minimum absolute atomic E-state index is 0.0266. The summed E-state index contributed by atoms with van der Waals surface area (Å²) in [4.78, 5) is 25.9. The molecule has 1 saturated heterocycles. The molecule has 0 aromatic carbocycles. The van der Waals surface area contributed by atoms with Crippen molar-refractivity contribution in [2.24, 2.45) is 17.8 Å². The lowest BCUT2D eigenvalue weighted by Gasteiger charge is -2.34. The number of nitrogens with one attached hydrogen (secondary N) is 1. The Morgan fingerprint density at radius 1 is 1.10 bits per heavy atom. The predicted octanol–water partition coefficient (Wildman–Crippen LogP) is 1.94. The maximum atomic E-state index is 12.4. The second kappa shape index (κ2) is 5.74. The Morgan fingerprint density at radius 2 is 1.80 bits per heavy atom. The summed E-state index contributed by atoms with van der Waals surface area (Å²) in [6.07, 6.45) is 8.48. The summed E-state index contributed by atoms with van der Waals surface area (Å²) < 4.78 is 0. The van der Waals surface area contributed by atoms with E-state index in [1.54, 1.807) is 4.90 Å². The van der Waals surface area contributed by atoms with Gasteiger partial charge in [-0.2, -0.15) is 0 Å². The Bertz CT molecular complexity index is 384. The van der Waals surface area contributed by atoms with Crippen molar-refractivity contribution in [1.29, 1.82) is 0 Å². The second-order valence-corrected chi connectivity index (χ2v) is 7.06. The zero-order chi connectivity index (χ0) is 14.1. The van der Waals surface area contributed by atoms with Gasteiger partial charge in [-0.15, -0.1) is 0 Å². The molecular formula is C16H26N2O2. The fraction of sp³-hybridized carbons (Fsp3) is 0.875. The van der Waals surface area contributed by atoms with Crippen LogP contribution in [0.5, 0.6) is 0 Å². The van der Waals surface area contributed by atoms with Crippen molar-refractivity contribution in [1.82, 2.24) is 10.2 Å². The van der Waals surface area contributed by atoms with E-state index in [2.05, 4.69) is 12.2 Å². The van der Waals surface area contributed by atoms with Gasteiger partial charge in [-0.3, -0.25) is 9.59 Å². The van der Waals surface area contributed by atoms with Crippen LogP contribution in [-0.2, 0) is 9.59 Å². The van der Waals surface area contributed by atoms with E-state index in [0.717, 1.165) is 37.6 Å². The monoisotopic (exact) mass is 278 g/mol. The van der Waals surface area contributed by atoms with Gasteiger partial charge in [0, 0.05) is 6.54 Å². The lowest BCUT2D eigenvalue weighted by Crippen LogP contribution is -2.59. The molecule has 1 unspecified atom stereocenters. The highest BCUT2D eigenvalue weighted by molar-refractivity contribution is 5.95. The third-order valence-electron chi connectivity index (χ3n) is 5.26. The van der Waals surface area contributed by atoms with Gasteiger partial charge in [-0.25, -0.2) is 0 Å². The fourth-order valence-corrected chi connectivity index (χ4v) is 3.62. The van der Waals surface area contributed by atoms with E-state index >= 15 is 0 Å². The topological polar surface area (TPSA) is 49.4 Å². The van der Waals surface area contributed by atoms with Gasteiger partial charge in [0.2, 0.25) is 11.8 Å². The molecule has 4 heteroatoms. The first-order valence-electron chi connectivity index (χ1n) is 8.21. The minimum atomic E-state index is -0.220. The van der Waals surface area contributed by atoms with Crippen molar-refractivity contribution >= 4 is 11.8 Å². The number of amides is 2. The third-order valence-corrected chi connectivity index (χ3v) is 5.26. The van der Waals surface area contributed by atoms with Crippen LogP contribution >= 0.6 is 0 Å². The molecule has 4 nitrogen and oxygen atoms in total. The summed E-state index contributed by atoms with van der Waals surface area (Å²) in [5.41, 5.74) is 0. The Labute approximate surface area is 121 Å². The second-order valence-electron chi connectivity index (χ2n) is 7.06. The van der Waals surface area contributed by atoms with Gasteiger partial charge in [-0.1, -0.05) is 32.6 Å². The lowest BCUT2D eigenvalue weighted by molar-refractivity contribution is -0.145. The molecule has 1 heterocycles. The highest BCUT2D eigenvalue weighted by atomic mass is 16.2. The van der Waals surface area contributed by atoms with Crippen LogP contribution in [0.3, 0.4) is 0 Å². The van der Waals surface area contributed by atoms with Crippen LogP contribution in [-0.4, -0.2) is 35.8 Å². The third kappa shape index (κ3) is 3.15. The highest BCUT2D eigenvalue weighted by Crippen LogP contribution is 2.35. The molecule has 3 aliphatic rings.